The number of rotatable bonds is 5. The molecule has 84 valence electrons. The molecule has 0 aliphatic carbocycles. The van der Waals surface area contributed by atoms with Gasteiger partial charge >= 0.3 is 0 Å². The van der Waals surface area contributed by atoms with E-state index < -0.39 is 0 Å². The summed E-state index contributed by atoms with van der Waals surface area (Å²) in [4.78, 5) is 11.6. The van der Waals surface area contributed by atoms with Gasteiger partial charge < -0.3 is 11.1 Å². The molecular weight excluding hydrogens is 212 g/mol. The number of aromatic nitrogens is 2. The fourth-order valence-electron chi connectivity index (χ4n) is 1.13. The molecule has 1 atom stereocenters. The van der Waals surface area contributed by atoms with E-state index in [1.54, 1.807) is 0 Å². The van der Waals surface area contributed by atoms with Crippen LogP contribution in [0.5, 0.6) is 0 Å². The van der Waals surface area contributed by atoms with Gasteiger partial charge in [0.1, 0.15) is 5.01 Å². The molecule has 1 heterocycles. The van der Waals surface area contributed by atoms with E-state index in [0.29, 0.717) is 11.7 Å². The highest BCUT2D eigenvalue weighted by Crippen LogP contribution is 2.15. The molecule has 1 aromatic heterocycles. The van der Waals surface area contributed by atoms with Gasteiger partial charge in [0.2, 0.25) is 11.0 Å². The van der Waals surface area contributed by atoms with Crippen molar-refractivity contribution in [1.82, 2.24) is 10.2 Å². The van der Waals surface area contributed by atoms with Crippen molar-refractivity contribution in [3.63, 3.8) is 0 Å². The second-order valence-electron chi connectivity index (χ2n) is 3.45. The first-order valence-corrected chi connectivity index (χ1v) is 5.76. The van der Waals surface area contributed by atoms with Crippen molar-refractivity contribution in [2.75, 3.05) is 11.9 Å². The van der Waals surface area contributed by atoms with Gasteiger partial charge in [-0.1, -0.05) is 18.3 Å². The van der Waals surface area contributed by atoms with Crippen LogP contribution in [0.3, 0.4) is 0 Å². The number of nitrogens with one attached hydrogen (secondary N) is 1. The summed E-state index contributed by atoms with van der Waals surface area (Å²) in [5.41, 5.74) is 5.38. The monoisotopic (exact) mass is 228 g/mol. The van der Waals surface area contributed by atoms with Crippen molar-refractivity contribution in [3.8, 4) is 0 Å². The maximum Gasteiger partial charge on any atom is 0.229 e. The first-order chi connectivity index (χ1) is 7.13. The van der Waals surface area contributed by atoms with Crippen molar-refractivity contribution >= 4 is 22.4 Å². The number of carbonyl (C=O) groups is 1. The van der Waals surface area contributed by atoms with Gasteiger partial charge in [-0.25, -0.2) is 0 Å². The van der Waals surface area contributed by atoms with Gasteiger partial charge in [-0.3, -0.25) is 4.79 Å². The second-order valence-corrected chi connectivity index (χ2v) is 4.63. The Morgan fingerprint density at radius 1 is 1.60 bits per heavy atom. The molecule has 15 heavy (non-hydrogen) atoms. The Morgan fingerprint density at radius 3 is 2.87 bits per heavy atom. The van der Waals surface area contributed by atoms with Gasteiger partial charge in [-0.15, -0.1) is 10.2 Å². The predicted octanol–water partition coefficient (Wildman–Crippen LogP) is 1.16. The highest BCUT2D eigenvalue weighted by molar-refractivity contribution is 7.15. The molecule has 3 N–H and O–H groups in total. The topological polar surface area (TPSA) is 80.9 Å². The number of amides is 1. The Kier molecular flexibility index (Phi) is 4.64. The predicted molar refractivity (Wildman–Crippen MR) is 60.7 cm³/mol. The first kappa shape index (κ1) is 12.1. The molecular formula is C9H16N4OS. The van der Waals surface area contributed by atoms with Crippen LogP contribution in [-0.2, 0) is 4.79 Å². The van der Waals surface area contributed by atoms with Gasteiger partial charge in [-0.05, 0) is 26.3 Å². The molecule has 0 saturated carbocycles. The Bertz CT molecular complexity index is 326. The summed E-state index contributed by atoms with van der Waals surface area (Å²) in [7, 11) is 0. The van der Waals surface area contributed by atoms with E-state index in [2.05, 4.69) is 15.5 Å². The van der Waals surface area contributed by atoms with Crippen LogP contribution < -0.4 is 11.1 Å². The molecule has 0 fully saturated rings. The average Bonchev–Trinajstić information content (AvgIpc) is 2.60. The van der Waals surface area contributed by atoms with E-state index in [0.717, 1.165) is 17.8 Å². The van der Waals surface area contributed by atoms with Crippen molar-refractivity contribution < 1.29 is 4.79 Å². The third-order valence-electron chi connectivity index (χ3n) is 2.05. The zero-order valence-corrected chi connectivity index (χ0v) is 9.80. The number of anilines is 1. The number of carbonyl (C=O) groups excluding carboxylic acids is 1. The zero-order chi connectivity index (χ0) is 11.3. The molecule has 5 nitrogen and oxygen atoms in total. The summed E-state index contributed by atoms with van der Waals surface area (Å²) in [6.45, 7) is 4.36. The molecule has 0 aliphatic rings. The molecule has 0 aliphatic heterocycles. The minimum atomic E-state index is -0.0299. The molecule has 6 heteroatoms. The minimum Gasteiger partial charge on any atom is -0.330 e. The maximum absolute atomic E-state index is 11.6. The Hall–Kier alpha value is -1.01. The largest absolute Gasteiger partial charge is 0.330 e. The number of nitrogens with two attached hydrogens (primary N) is 1. The quantitative estimate of drug-likeness (QED) is 0.792. The first-order valence-electron chi connectivity index (χ1n) is 4.94. The van der Waals surface area contributed by atoms with E-state index >= 15 is 0 Å². The van der Waals surface area contributed by atoms with Gasteiger partial charge in [-0.2, -0.15) is 0 Å². The summed E-state index contributed by atoms with van der Waals surface area (Å²) in [6.07, 6.45) is 1.67. The Morgan fingerprint density at radius 2 is 2.33 bits per heavy atom. The van der Waals surface area contributed by atoms with Crippen LogP contribution in [0.4, 0.5) is 5.13 Å². The van der Waals surface area contributed by atoms with Crippen molar-refractivity contribution in [2.45, 2.75) is 26.7 Å². The van der Waals surface area contributed by atoms with Crippen molar-refractivity contribution in [1.29, 1.82) is 0 Å². The molecule has 0 bridgehead atoms. The maximum atomic E-state index is 11.6. The van der Waals surface area contributed by atoms with Gasteiger partial charge in [0.05, 0.1) is 0 Å². The van der Waals surface area contributed by atoms with E-state index in [-0.39, 0.29) is 11.8 Å². The molecule has 1 amide bonds. The number of hydrogen-bond donors (Lipinski definition) is 2. The fraction of sp³-hybridized carbons (Fsp3) is 0.667. The smallest absolute Gasteiger partial charge is 0.229 e. The molecule has 1 unspecified atom stereocenters. The Balaban J connectivity index is 2.41. The van der Waals surface area contributed by atoms with Gasteiger partial charge in [0.15, 0.2) is 0 Å². The van der Waals surface area contributed by atoms with E-state index in [4.69, 9.17) is 5.73 Å². The summed E-state index contributed by atoms with van der Waals surface area (Å²) in [5.74, 6) is -0.0441. The lowest BCUT2D eigenvalue weighted by molar-refractivity contribution is -0.119. The number of nitrogens with zero attached hydrogens (tertiary/aromatic N) is 2. The lowest BCUT2D eigenvalue weighted by atomic mass is 10.1. The van der Waals surface area contributed by atoms with Crippen LogP contribution >= 0.6 is 11.3 Å². The SMILES string of the molecule is Cc1nnc(NC(=O)C(C)CCCN)s1. The lowest BCUT2D eigenvalue weighted by Crippen LogP contribution is -2.21. The van der Waals surface area contributed by atoms with Gasteiger partial charge in [0.25, 0.3) is 0 Å². The van der Waals surface area contributed by atoms with Crippen LogP contribution in [0.25, 0.3) is 0 Å². The van der Waals surface area contributed by atoms with Crippen LogP contribution in [0.15, 0.2) is 0 Å². The highest BCUT2D eigenvalue weighted by atomic mass is 32.1. The highest BCUT2D eigenvalue weighted by Gasteiger charge is 2.13. The van der Waals surface area contributed by atoms with E-state index in [1.807, 2.05) is 13.8 Å². The van der Waals surface area contributed by atoms with Crippen molar-refractivity contribution in [3.05, 3.63) is 5.01 Å². The van der Waals surface area contributed by atoms with E-state index in [1.165, 1.54) is 11.3 Å². The summed E-state index contributed by atoms with van der Waals surface area (Å²) in [5, 5.41) is 11.8. The number of hydrogen-bond acceptors (Lipinski definition) is 5. The van der Waals surface area contributed by atoms with Crippen LogP contribution in [0.2, 0.25) is 0 Å². The molecule has 0 aromatic carbocycles. The third kappa shape index (κ3) is 3.93. The summed E-state index contributed by atoms with van der Waals surface area (Å²) >= 11 is 1.38. The zero-order valence-electron chi connectivity index (χ0n) is 8.99. The summed E-state index contributed by atoms with van der Waals surface area (Å²) in [6, 6.07) is 0. The lowest BCUT2D eigenvalue weighted by Gasteiger charge is -2.08. The fourth-order valence-corrected chi connectivity index (χ4v) is 1.73. The normalized spacial score (nSPS) is 12.5. The molecule has 1 aromatic rings. The Labute approximate surface area is 93.1 Å². The van der Waals surface area contributed by atoms with Crippen LogP contribution in [-0.4, -0.2) is 22.6 Å². The van der Waals surface area contributed by atoms with Crippen LogP contribution in [0, 0.1) is 12.8 Å². The third-order valence-corrected chi connectivity index (χ3v) is 2.80. The van der Waals surface area contributed by atoms with Crippen molar-refractivity contribution in [2.24, 2.45) is 11.7 Å². The molecule has 0 saturated heterocycles. The van der Waals surface area contributed by atoms with Crippen LogP contribution in [0.1, 0.15) is 24.8 Å². The minimum absolute atomic E-state index is 0.0143. The molecule has 0 spiro atoms. The van der Waals surface area contributed by atoms with E-state index in [9.17, 15) is 4.79 Å². The second kappa shape index (κ2) is 5.77. The standard InChI is InChI=1S/C9H16N4OS/c1-6(4-3-5-10)8(14)11-9-13-12-7(2)15-9/h6H,3-5,10H2,1-2H3,(H,11,13,14). The number of aryl methyl sites for hydroxylation is 1. The summed E-state index contributed by atoms with van der Waals surface area (Å²) < 4.78 is 0. The average molecular weight is 228 g/mol. The molecule has 0 radical (unpaired) electrons. The molecule has 1 rings (SSSR count). The van der Waals surface area contributed by atoms with Gasteiger partial charge in [0, 0.05) is 5.92 Å².